The van der Waals surface area contributed by atoms with Crippen LogP contribution in [0.15, 0.2) is 47.5 Å². The summed E-state index contributed by atoms with van der Waals surface area (Å²) >= 11 is 0. The van der Waals surface area contributed by atoms with Crippen molar-refractivity contribution in [2.75, 3.05) is 19.5 Å². The van der Waals surface area contributed by atoms with E-state index in [0.29, 0.717) is 0 Å². The minimum absolute atomic E-state index is 0.0996. The van der Waals surface area contributed by atoms with Crippen LogP contribution in [0, 0.1) is 10.1 Å². The van der Waals surface area contributed by atoms with Gasteiger partial charge in [-0.15, -0.1) is 0 Å². The zero-order chi connectivity index (χ0) is 23.8. The summed E-state index contributed by atoms with van der Waals surface area (Å²) in [6, 6.07) is 9.09. The van der Waals surface area contributed by atoms with Crippen molar-refractivity contribution in [3.05, 3.63) is 69.3 Å². The second kappa shape index (κ2) is 10.6. The summed E-state index contributed by atoms with van der Waals surface area (Å²) in [7, 11) is 2.38. The van der Waals surface area contributed by atoms with Crippen molar-refractivity contribution in [2.45, 2.75) is 13.5 Å². The molecule has 0 fully saturated rings. The number of nitro groups is 1. The lowest BCUT2D eigenvalue weighted by Crippen LogP contribution is -2.28. The van der Waals surface area contributed by atoms with Gasteiger partial charge in [0.25, 0.3) is 11.6 Å². The third kappa shape index (κ3) is 5.81. The zero-order valence-corrected chi connectivity index (χ0v) is 17.4. The number of ether oxygens (including phenoxy) is 2. The number of nitrogens with zero attached hydrogens (tertiary/aromatic N) is 2. The number of nitrogens with one attached hydrogen (secondary N) is 1. The van der Waals surface area contributed by atoms with E-state index in [9.17, 15) is 29.3 Å². The summed E-state index contributed by atoms with van der Waals surface area (Å²) in [5, 5.41) is 13.2. The van der Waals surface area contributed by atoms with E-state index >= 15 is 0 Å². The summed E-state index contributed by atoms with van der Waals surface area (Å²) in [6.07, 6.45) is 0. The first-order valence-corrected chi connectivity index (χ1v) is 9.08. The van der Waals surface area contributed by atoms with E-state index in [-0.39, 0.29) is 34.6 Å². The third-order valence-corrected chi connectivity index (χ3v) is 4.22. The first kappa shape index (κ1) is 23.9. The van der Waals surface area contributed by atoms with E-state index in [1.54, 1.807) is 0 Å². The van der Waals surface area contributed by atoms with E-state index in [1.165, 1.54) is 56.7 Å². The molecule has 11 nitrogen and oxygen atoms in total. The third-order valence-electron chi connectivity index (χ3n) is 4.22. The Morgan fingerprint density at radius 3 is 2.16 bits per heavy atom. The van der Waals surface area contributed by atoms with Gasteiger partial charge < -0.3 is 14.8 Å². The van der Waals surface area contributed by atoms with Gasteiger partial charge in [0, 0.05) is 24.7 Å². The molecule has 0 radical (unpaired) electrons. The molecular weight excluding hydrogens is 422 g/mol. The lowest BCUT2D eigenvalue weighted by Gasteiger charge is -2.10. The van der Waals surface area contributed by atoms with E-state index in [0.717, 1.165) is 6.92 Å². The number of aliphatic imine (C=N–C) groups is 1. The molecule has 0 aliphatic carbocycles. The Kier molecular flexibility index (Phi) is 7.88. The van der Waals surface area contributed by atoms with Crippen LogP contribution in [-0.2, 0) is 25.6 Å². The Morgan fingerprint density at radius 2 is 1.62 bits per heavy atom. The molecule has 0 saturated heterocycles. The average molecular weight is 441 g/mol. The van der Waals surface area contributed by atoms with Gasteiger partial charge in [0.2, 0.25) is 0 Å². The topological polar surface area (TPSA) is 154 Å². The van der Waals surface area contributed by atoms with Crippen LogP contribution in [0.25, 0.3) is 0 Å². The number of Topliss-reactive ketones (excluding diaryl/α,β-unsaturated/α-hetero) is 1. The molecule has 2 rings (SSSR count). The van der Waals surface area contributed by atoms with Crippen molar-refractivity contribution in [3.8, 4) is 0 Å². The molecule has 1 N–H and O–H groups in total. The number of benzene rings is 2. The van der Waals surface area contributed by atoms with Crippen LogP contribution in [0.3, 0.4) is 0 Å². The molecule has 0 unspecified atom stereocenters. The molecule has 0 atom stereocenters. The van der Waals surface area contributed by atoms with Crippen molar-refractivity contribution in [2.24, 2.45) is 4.99 Å². The Morgan fingerprint density at radius 1 is 1.00 bits per heavy atom. The zero-order valence-electron chi connectivity index (χ0n) is 17.4. The number of carbonyl (C=O) groups is 4. The molecule has 11 heteroatoms. The van der Waals surface area contributed by atoms with Gasteiger partial charge in [-0.3, -0.25) is 24.7 Å². The monoisotopic (exact) mass is 441 g/mol. The first-order chi connectivity index (χ1) is 15.2. The van der Waals surface area contributed by atoms with E-state index in [2.05, 4.69) is 15.0 Å². The predicted octanol–water partition coefficient (Wildman–Crippen LogP) is 2.34. The fourth-order valence-corrected chi connectivity index (χ4v) is 2.64. The highest BCUT2D eigenvalue weighted by Gasteiger charge is 2.19. The maximum Gasteiger partial charge on any atom is 0.338 e. The van der Waals surface area contributed by atoms with Gasteiger partial charge in [-0.2, -0.15) is 0 Å². The van der Waals surface area contributed by atoms with Gasteiger partial charge in [0.15, 0.2) is 11.5 Å². The van der Waals surface area contributed by atoms with E-state index in [1.807, 2.05) is 0 Å². The van der Waals surface area contributed by atoms with Crippen LogP contribution in [0.2, 0.25) is 0 Å². The summed E-state index contributed by atoms with van der Waals surface area (Å²) < 4.78 is 9.37. The number of amides is 1. The molecule has 0 aliphatic heterocycles. The second-order valence-electron chi connectivity index (χ2n) is 6.33. The highest BCUT2D eigenvalue weighted by atomic mass is 16.6. The van der Waals surface area contributed by atoms with Crippen LogP contribution in [0.5, 0.6) is 0 Å². The maximum atomic E-state index is 12.5. The average Bonchev–Trinajstić information content (AvgIpc) is 2.78. The smallest absolute Gasteiger partial charge is 0.338 e. The Bertz CT molecular complexity index is 1110. The highest BCUT2D eigenvalue weighted by molar-refractivity contribution is 6.67. The van der Waals surface area contributed by atoms with Gasteiger partial charge in [-0.05, 0) is 35.9 Å². The van der Waals surface area contributed by atoms with Gasteiger partial charge in [0.05, 0.1) is 36.8 Å². The highest BCUT2D eigenvalue weighted by Crippen LogP contribution is 2.17. The summed E-state index contributed by atoms with van der Waals surface area (Å²) in [5.41, 5.74) is 0.0960. The number of esters is 2. The Balaban J connectivity index is 2.33. The molecule has 32 heavy (non-hydrogen) atoms. The van der Waals surface area contributed by atoms with Crippen molar-refractivity contribution in [1.82, 2.24) is 0 Å². The lowest BCUT2D eigenvalue weighted by molar-refractivity contribution is -0.384. The number of anilines is 1. The number of ketones is 1. The fourth-order valence-electron chi connectivity index (χ4n) is 2.64. The molecule has 0 heterocycles. The van der Waals surface area contributed by atoms with Crippen molar-refractivity contribution < 1.29 is 33.6 Å². The van der Waals surface area contributed by atoms with Crippen molar-refractivity contribution in [3.63, 3.8) is 0 Å². The van der Waals surface area contributed by atoms with Gasteiger partial charge in [0.1, 0.15) is 0 Å². The molecule has 0 aromatic heterocycles. The number of methoxy groups -OCH3 is 2. The van der Waals surface area contributed by atoms with Crippen LogP contribution in [0.1, 0.15) is 33.2 Å². The second-order valence-corrected chi connectivity index (χ2v) is 6.33. The SMILES string of the molecule is COC(=O)c1ccc(C(=O)OC)c(CN=C(C(C)=O)C(=O)Nc2ccc([N+](=O)[O-])cc2)c1. The maximum absolute atomic E-state index is 12.5. The van der Waals surface area contributed by atoms with Gasteiger partial charge in [-0.25, -0.2) is 9.59 Å². The first-order valence-electron chi connectivity index (χ1n) is 9.08. The number of nitro benzene ring substituents is 1. The summed E-state index contributed by atoms with van der Waals surface area (Å²) in [5.74, 6) is -2.82. The Labute approximate surface area is 182 Å². The quantitative estimate of drug-likeness (QED) is 0.215. The minimum Gasteiger partial charge on any atom is -0.465 e. The molecular formula is C21H19N3O8. The van der Waals surface area contributed by atoms with E-state index in [4.69, 9.17) is 4.74 Å². The molecule has 166 valence electrons. The number of hydrogen-bond acceptors (Lipinski definition) is 9. The van der Waals surface area contributed by atoms with Crippen LogP contribution < -0.4 is 5.32 Å². The minimum atomic E-state index is -0.838. The summed E-state index contributed by atoms with van der Waals surface area (Å²) in [6.45, 7) is 0.859. The fraction of sp³-hybridized carbons (Fsp3) is 0.190. The predicted molar refractivity (Wildman–Crippen MR) is 113 cm³/mol. The van der Waals surface area contributed by atoms with Gasteiger partial charge >= 0.3 is 11.9 Å². The summed E-state index contributed by atoms with van der Waals surface area (Å²) in [4.78, 5) is 62.5. The van der Waals surface area contributed by atoms with Crippen LogP contribution >= 0.6 is 0 Å². The van der Waals surface area contributed by atoms with Gasteiger partial charge in [-0.1, -0.05) is 0 Å². The number of hydrogen-bond donors (Lipinski definition) is 1. The molecule has 0 saturated carbocycles. The molecule has 2 aromatic rings. The van der Waals surface area contributed by atoms with Crippen LogP contribution in [0.4, 0.5) is 11.4 Å². The standard InChI is InChI=1S/C21H19N3O8/c1-12(25)18(19(26)23-15-5-7-16(8-6-15)24(29)30)22-11-14-10-13(20(27)31-2)4-9-17(14)21(28)32-3/h4-10H,11H2,1-3H3,(H,23,26). The molecule has 0 aliphatic rings. The largest absolute Gasteiger partial charge is 0.465 e. The number of non-ortho nitro benzene ring substituents is 1. The van der Waals surface area contributed by atoms with Crippen molar-refractivity contribution >= 4 is 40.7 Å². The lowest BCUT2D eigenvalue weighted by atomic mass is 10.0. The normalized spacial score (nSPS) is 10.8. The molecule has 0 bridgehead atoms. The molecule has 2 aromatic carbocycles. The molecule has 1 amide bonds. The van der Waals surface area contributed by atoms with E-state index < -0.39 is 34.3 Å². The molecule has 0 spiro atoms. The number of rotatable bonds is 8. The Hall–Kier alpha value is -4.41. The van der Waals surface area contributed by atoms with Crippen molar-refractivity contribution in [1.29, 1.82) is 0 Å². The van der Waals surface area contributed by atoms with Crippen LogP contribution in [-0.4, -0.2) is 48.5 Å². The number of carbonyl (C=O) groups excluding carboxylic acids is 4.